The van der Waals surface area contributed by atoms with E-state index >= 15 is 0 Å². The molecule has 78 valence electrons. The molecule has 1 aromatic heterocycles. The molecule has 1 heterocycles. The van der Waals surface area contributed by atoms with Crippen molar-refractivity contribution in [1.82, 2.24) is 9.78 Å². The Morgan fingerprint density at radius 2 is 2.00 bits per heavy atom. The largest absolute Gasteiger partial charge is 0.384 e. The normalized spacial score (nSPS) is 10.5. The maximum atomic E-state index is 5.74. The molecule has 2 N–H and O–H groups in total. The topological polar surface area (TPSA) is 43.8 Å². The third kappa shape index (κ3) is 2.41. The van der Waals surface area contributed by atoms with Crippen LogP contribution >= 0.6 is 31.9 Å². The molecule has 1 aromatic carbocycles. The van der Waals surface area contributed by atoms with Crippen molar-refractivity contribution >= 4 is 37.7 Å². The molecule has 3 nitrogen and oxygen atoms in total. The van der Waals surface area contributed by atoms with Crippen LogP contribution in [0.5, 0.6) is 0 Å². The van der Waals surface area contributed by atoms with Gasteiger partial charge in [0.1, 0.15) is 5.82 Å². The van der Waals surface area contributed by atoms with Crippen LogP contribution < -0.4 is 5.73 Å². The highest BCUT2D eigenvalue weighted by molar-refractivity contribution is 9.13. The van der Waals surface area contributed by atoms with Gasteiger partial charge in [-0.15, -0.1) is 0 Å². The van der Waals surface area contributed by atoms with Crippen LogP contribution in [0.4, 0.5) is 5.82 Å². The SMILES string of the molecule is Nc1ccnn1Cc1ccc(Br)c(Br)c1. The van der Waals surface area contributed by atoms with E-state index < -0.39 is 0 Å². The smallest absolute Gasteiger partial charge is 0.122 e. The predicted octanol–water partition coefficient (Wildman–Crippen LogP) is 3.04. The van der Waals surface area contributed by atoms with E-state index in [0.717, 1.165) is 14.5 Å². The summed E-state index contributed by atoms with van der Waals surface area (Å²) in [6, 6.07) is 7.87. The number of hydrogen-bond donors (Lipinski definition) is 1. The lowest BCUT2D eigenvalue weighted by Gasteiger charge is -2.05. The second-order valence-electron chi connectivity index (χ2n) is 3.16. The maximum Gasteiger partial charge on any atom is 0.122 e. The monoisotopic (exact) mass is 329 g/mol. The van der Waals surface area contributed by atoms with E-state index in [9.17, 15) is 0 Å². The molecule has 0 aliphatic carbocycles. The van der Waals surface area contributed by atoms with Gasteiger partial charge in [0.05, 0.1) is 12.7 Å². The average Bonchev–Trinajstić information content (AvgIpc) is 2.59. The molecule has 0 unspecified atom stereocenters. The first-order chi connectivity index (χ1) is 7.16. The Morgan fingerprint density at radius 1 is 1.20 bits per heavy atom. The number of aromatic nitrogens is 2. The summed E-state index contributed by atoms with van der Waals surface area (Å²) in [6.45, 7) is 0.685. The summed E-state index contributed by atoms with van der Waals surface area (Å²) in [4.78, 5) is 0. The number of hydrogen-bond acceptors (Lipinski definition) is 2. The molecule has 0 saturated heterocycles. The van der Waals surface area contributed by atoms with Crippen LogP contribution in [-0.2, 0) is 6.54 Å². The Kier molecular flexibility index (Phi) is 3.11. The van der Waals surface area contributed by atoms with Crippen LogP contribution in [0.25, 0.3) is 0 Å². The second-order valence-corrected chi connectivity index (χ2v) is 4.87. The third-order valence-electron chi connectivity index (χ3n) is 2.07. The first kappa shape index (κ1) is 10.7. The van der Waals surface area contributed by atoms with Crippen molar-refractivity contribution < 1.29 is 0 Å². The van der Waals surface area contributed by atoms with Crippen LogP contribution in [0.1, 0.15) is 5.56 Å². The van der Waals surface area contributed by atoms with Gasteiger partial charge in [-0.05, 0) is 55.6 Å². The third-order valence-corrected chi connectivity index (χ3v) is 3.95. The fourth-order valence-corrected chi connectivity index (χ4v) is 1.96. The van der Waals surface area contributed by atoms with Gasteiger partial charge in [0, 0.05) is 8.95 Å². The highest BCUT2D eigenvalue weighted by atomic mass is 79.9. The van der Waals surface area contributed by atoms with Gasteiger partial charge in [-0.3, -0.25) is 0 Å². The van der Waals surface area contributed by atoms with Crippen molar-refractivity contribution in [3.05, 3.63) is 45.0 Å². The number of nitrogen functional groups attached to an aromatic ring is 1. The Hall–Kier alpha value is -0.810. The fourth-order valence-electron chi connectivity index (χ4n) is 1.29. The average molecular weight is 331 g/mol. The summed E-state index contributed by atoms with van der Waals surface area (Å²) in [7, 11) is 0. The van der Waals surface area contributed by atoms with Crippen LogP contribution in [0.2, 0.25) is 0 Å². The molecular weight excluding hydrogens is 322 g/mol. The number of halogens is 2. The molecule has 15 heavy (non-hydrogen) atoms. The predicted molar refractivity (Wildman–Crippen MR) is 67.6 cm³/mol. The lowest BCUT2D eigenvalue weighted by molar-refractivity contribution is 0.697. The van der Waals surface area contributed by atoms with Gasteiger partial charge in [-0.2, -0.15) is 5.10 Å². The van der Waals surface area contributed by atoms with Gasteiger partial charge in [0.15, 0.2) is 0 Å². The molecule has 0 spiro atoms. The molecular formula is C10H9Br2N3. The van der Waals surface area contributed by atoms with Gasteiger partial charge in [0.25, 0.3) is 0 Å². The zero-order chi connectivity index (χ0) is 10.8. The van der Waals surface area contributed by atoms with Gasteiger partial charge >= 0.3 is 0 Å². The molecule has 0 saturated carbocycles. The first-order valence-electron chi connectivity index (χ1n) is 4.38. The van der Waals surface area contributed by atoms with Gasteiger partial charge < -0.3 is 5.73 Å². The van der Waals surface area contributed by atoms with Gasteiger partial charge in [-0.25, -0.2) is 4.68 Å². The molecule has 2 aromatic rings. The molecule has 0 fully saturated rings. The van der Waals surface area contributed by atoms with E-state index in [1.54, 1.807) is 16.9 Å². The molecule has 2 rings (SSSR count). The Morgan fingerprint density at radius 3 is 2.60 bits per heavy atom. The van der Waals surface area contributed by atoms with E-state index in [1.807, 2.05) is 18.2 Å². The fraction of sp³-hybridized carbons (Fsp3) is 0.100. The van der Waals surface area contributed by atoms with Crippen molar-refractivity contribution in [2.75, 3.05) is 5.73 Å². The Bertz CT molecular complexity index is 479. The van der Waals surface area contributed by atoms with E-state index in [1.165, 1.54) is 0 Å². The molecule has 0 aliphatic heterocycles. The van der Waals surface area contributed by atoms with Crippen LogP contribution in [-0.4, -0.2) is 9.78 Å². The number of benzene rings is 1. The van der Waals surface area contributed by atoms with Crippen molar-refractivity contribution in [1.29, 1.82) is 0 Å². The molecule has 5 heteroatoms. The Labute approximate surface area is 105 Å². The van der Waals surface area contributed by atoms with Gasteiger partial charge in [-0.1, -0.05) is 6.07 Å². The minimum Gasteiger partial charge on any atom is -0.384 e. The van der Waals surface area contributed by atoms with Crippen molar-refractivity contribution in [2.45, 2.75) is 6.54 Å². The van der Waals surface area contributed by atoms with Crippen molar-refractivity contribution in [3.63, 3.8) is 0 Å². The minimum absolute atomic E-state index is 0.675. The van der Waals surface area contributed by atoms with Crippen LogP contribution in [0, 0.1) is 0 Å². The molecule has 0 bridgehead atoms. The first-order valence-corrected chi connectivity index (χ1v) is 5.96. The van der Waals surface area contributed by atoms with Crippen LogP contribution in [0.3, 0.4) is 0 Å². The van der Waals surface area contributed by atoms with E-state index in [4.69, 9.17) is 5.73 Å². The van der Waals surface area contributed by atoms with Crippen molar-refractivity contribution in [2.24, 2.45) is 0 Å². The number of rotatable bonds is 2. The molecule has 0 amide bonds. The minimum atomic E-state index is 0.675. The van der Waals surface area contributed by atoms with E-state index in [2.05, 4.69) is 37.0 Å². The van der Waals surface area contributed by atoms with E-state index in [-0.39, 0.29) is 0 Å². The summed E-state index contributed by atoms with van der Waals surface area (Å²) in [5.41, 5.74) is 6.89. The molecule has 0 atom stereocenters. The molecule has 0 aliphatic rings. The second kappa shape index (κ2) is 4.37. The lowest BCUT2D eigenvalue weighted by Crippen LogP contribution is -2.05. The standard InChI is InChI=1S/C10H9Br2N3/c11-8-2-1-7(5-9(8)12)6-15-10(13)3-4-14-15/h1-5H,6,13H2. The number of nitrogens with zero attached hydrogens (tertiary/aromatic N) is 2. The number of anilines is 1. The number of nitrogens with two attached hydrogens (primary N) is 1. The highest BCUT2D eigenvalue weighted by Gasteiger charge is 2.02. The zero-order valence-corrected chi connectivity index (χ0v) is 11.0. The highest BCUT2D eigenvalue weighted by Crippen LogP contribution is 2.24. The van der Waals surface area contributed by atoms with Crippen LogP contribution in [0.15, 0.2) is 39.4 Å². The summed E-state index contributed by atoms with van der Waals surface area (Å²) < 4.78 is 3.83. The Balaban J connectivity index is 2.25. The summed E-state index contributed by atoms with van der Waals surface area (Å²) in [5.74, 6) is 0.675. The summed E-state index contributed by atoms with van der Waals surface area (Å²) in [5, 5.41) is 4.13. The van der Waals surface area contributed by atoms with Gasteiger partial charge in [0.2, 0.25) is 0 Å². The lowest BCUT2D eigenvalue weighted by atomic mass is 10.2. The maximum absolute atomic E-state index is 5.74. The zero-order valence-electron chi connectivity index (χ0n) is 7.82. The van der Waals surface area contributed by atoms with Crippen molar-refractivity contribution in [3.8, 4) is 0 Å². The quantitative estimate of drug-likeness (QED) is 0.919. The van der Waals surface area contributed by atoms with E-state index in [0.29, 0.717) is 12.4 Å². The molecule has 0 radical (unpaired) electrons. The summed E-state index contributed by atoms with van der Waals surface area (Å²) >= 11 is 6.89. The summed E-state index contributed by atoms with van der Waals surface area (Å²) in [6.07, 6.45) is 1.70.